The third-order valence-corrected chi connectivity index (χ3v) is 7.35. The number of carbonyl (C=O) groups excluding carboxylic acids is 2. The van der Waals surface area contributed by atoms with Crippen LogP contribution in [0.2, 0.25) is 0 Å². The second-order valence-corrected chi connectivity index (χ2v) is 9.45. The molecule has 0 aromatic carbocycles. The van der Waals surface area contributed by atoms with Crippen LogP contribution in [0.25, 0.3) is 0 Å². The minimum atomic E-state index is -0.468. The van der Waals surface area contributed by atoms with Crippen LogP contribution in [-0.4, -0.2) is 31.8 Å². The molecule has 144 valence electrons. The standard InChI is InChI=1S/C18H23N5O2S2/c1-3-23-15(10-7-8-10)21-22-18(23)26-9(2)16(25)20-17-13(14(19)24)11-5-4-6-12(11)27-17/h9-10H,3-8H2,1-2H3,(H2,19,24)(H,20,25)/t9-/m0/s1. The highest BCUT2D eigenvalue weighted by Crippen LogP contribution is 2.41. The molecule has 1 fully saturated rings. The molecule has 0 unspecified atom stereocenters. The molecule has 4 rings (SSSR count). The fourth-order valence-corrected chi connectivity index (χ4v) is 5.72. The summed E-state index contributed by atoms with van der Waals surface area (Å²) in [7, 11) is 0. The Morgan fingerprint density at radius 1 is 1.37 bits per heavy atom. The number of thioether (sulfide) groups is 1. The summed E-state index contributed by atoms with van der Waals surface area (Å²) in [4.78, 5) is 25.8. The molecule has 2 aromatic heterocycles. The van der Waals surface area contributed by atoms with Gasteiger partial charge in [0.2, 0.25) is 5.91 Å². The van der Waals surface area contributed by atoms with Crippen molar-refractivity contribution in [2.45, 2.75) is 68.8 Å². The number of rotatable bonds is 7. The highest BCUT2D eigenvalue weighted by Gasteiger charge is 2.31. The van der Waals surface area contributed by atoms with Crippen molar-refractivity contribution in [3.05, 3.63) is 21.8 Å². The number of hydrogen-bond donors (Lipinski definition) is 2. The molecule has 7 nitrogen and oxygen atoms in total. The first kappa shape index (κ1) is 18.5. The predicted molar refractivity (Wildman–Crippen MR) is 106 cm³/mol. The van der Waals surface area contributed by atoms with Crippen LogP contribution < -0.4 is 11.1 Å². The first-order valence-electron chi connectivity index (χ1n) is 9.34. The summed E-state index contributed by atoms with van der Waals surface area (Å²) in [6.07, 6.45) is 5.17. The Labute approximate surface area is 166 Å². The van der Waals surface area contributed by atoms with Gasteiger partial charge in [0.25, 0.3) is 5.91 Å². The number of amides is 2. The third kappa shape index (κ3) is 3.50. The average Bonchev–Trinajstić information content (AvgIpc) is 3.08. The second-order valence-electron chi connectivity index (χ2n) is 7.03. The first-order chi connectivity index (χ1) is 13.0. The maximum Gasteiger partial charge on any atom is 0.251 e. The van der Waals surface area contributed by atoms with Crippen molar-refractivity contribution in [1.29, 1.82) is 0 Å². The predicted octanol–water partition coefficient (Wildman–Crippen LogP) is 2.94. The lowest BCUT2D eigenvalue weighted by molar-refractivity contribution is -0.115. The van der Waals surface area contributed by atoms with Crippen molar-refractivity contribution in [1.82, 2.24) is 14.8 Å². The van der Waals surface area contributed by atoms with E-state index in [1.165, 1.54) is 28.0 Å². The van der Waals surface area contributed by atoms with Gasteiger partial charge >= 0.3 is 0 Å². The van der Waals surface area contributed by atoms with Crippen LogP contribution in [0.15, 0.2) is 5.16 Å². The Morgan fingerprint density at radius 3 is 2.81 bits per heavy atom. The number of fused-ring (bicyclic) bond motifs is 1. The van der Waals surface area contributed by atoms with Crippen LogP contribution in [0.4, 0.5) is 5.00 Å². The number of thiophene rings is 1. The Balaban J connectivity index is 1.48. The van der Waals surface area contributed by atoms with Crippen LogP contribution in [-0.2, 0) is 24.2 Å². The monoisotopic (exact) mass is 405 g/mol. The smallest absolute Gasteiger partial charge is 0.251 e. The lowest BCUT2D eigenvalue weighted by Gasteiger charge is -2.13. The van der Waals surface area contributed by atoms with Gasteiger partial charge in [0.05, 0.1) is 10.8 Å². The Hall–Kier alpha value is -1.87. The van der Waals surface area contributed by atoms with Gasteiger partial charge in [-0.25, -0.2) is 0 Å². The van der Waals surface area contributed by atoms with Crippen LogP contribution in [0.1, 0.15) is 65.7 Å². The van der Waals surface area contributed by atoms with Crippen molar-refractivity contribution in [3.63, 3.8) is 0 Å². The van der Waals surface area contributed by atoms with Gasteiger partial charge in [-0.15, -0.1) is 21.5 Å². The molecule has 2 heterocycles. The van der Waals surface area contributed by atoms with Gasteiger partial charge in [0.1, 0.15) is 10.8 Å². The molecular weight excluding hydrogens is 382 g/mol. The van der Waals surface area contributed by atoms with E-state index in [1.54, 1.807) is 0 Å². The summed E-state index contributed by atoms with van der Waals surface area (Å²) in [5.74, 6) is 0.923. The van der Waals surface area contributed by atoms with Gasteiger partial charge in [-0.2, -0.15) is 0 Å². The van der Waals surface area contributed by atoms with E-state index in [1.807, 2.05) is 6.92 Å². The molecule has 27 heavy (non-hydrogen) atoms. The van der Waals surface area contributed by atoms with Gasteiger partial charge < -0.3 is 15.6 Å². The fourth-order valence-electron chi connectivity index (χ4n) is 3.51. The zero-order valence-electron chi connectivity index (χ0n) is 15.4. The summed E-state index contributed by atoms with van der Waals surface area (Å²) in [5.41, 5.74) is 7.08. The second kappa shape index (κ2) is 7.27. The zero-order valence-corrected chi connectivity index (χ0v) is 17.1. The zero-order chi connectivity index (χ0) is 19.1. The molecule has 0 radical (unpaired) electrons. The molecule has 2 amide bonds. The molecule has 2 aromatic rings. The average molecular weight is 406 g/mol. The molecule has 2 aliphatic carbocycles. The Kier molecular flexibility index (Phi) is 4.98. The molecule has 0 bridgehead atoms. The number of primary amides is 1. The van der Waals surface area contributed by atoms with E-state index in [0.29, 0.717) is 16.5 Å². The topological polar surface area (TPSA) is 103 Å². The number of anilines is 1. The number of aromatic nitrogens is 3. The van der Waals surface area contributed by atoms with E-state index in [-0.39, 0.29) is 11.2 Å². The van der Waals surface area contributed by atoms with Crippen molar-refractivity contribution in [2.24, 2.45) is 5.73 Å². The number of nitrogens with one attached hydrogen (secondary N) is 1. The summed E-state index contributed by atoms with van der Waals surface area (Å²) in [6.45, 7) is 4.70. The number of nitrogens with two attached hydrogens (primary N) is 1. The SMILES string of the molecule is CCn1c(S[C@@H](C)C(=O)Nc2sc3c(c2C(N)=O)CCC3)nnc1C1CC1. The van der Waals surface area contributed by atoms with E-state index < -0.39 is 5.91 Å². The minimum absolute atomic E-state index is 0.152. The Bertz CT molecular complexity index is 900. The number of hydrogen-bond acceptors (Lipinski definition) is 6. The minimum Gasteiger partial charge on any atom is -0.365 e. The highest BCUT2D eigenvalue weighted by atomic mass is 32.2. The first-order valence-corrected chi connectivity index (χ1v) is 11.0. The lowest BCUT2D eigenvalue weighted by atomic mass is 10.1. The van der Waals surface area contributed by atoms with Gasteiger partial charge in [0.15, 0.2) is 5.16 Å². The molecule has 1 saturated carbocycles. The summed E-state index contributed by atoms with van der Waals surface area (Å²) >= 11 is 2.88. The third-order valence-electron chi connectivity index (χ3n) is 5.06. The maximum atomic E-state index is 12.7. The quantitative estimate of drug-likeness (QED) is 0.690. The van der Waals surface area contributed by atoms with Gasteiger partial charge in [-0.1, -0.05) is 11.8 Å². The van der Waals surface area contributed by atoms with Crippen molar-refractivity contribution in [3.8, 4) is 0 Å². The van der Waals surface area contributed by atoms with E-state index in [9.17, 15) is 9.59 Å². The molecule has 0 spiro atoms. The van der Waals surface area contributed by atoms with Crippen LogP contribution in [0.5, 0.6) is 0 Å². The van der Waals surface area contributed by atoms with Crippen LogP contribution in [0.3, 0.4) is 0 Å². The number of nitrogens with zero attached hydrogens (tertiary/aromatic N) is 3. The largest absolute Gasteiger partial charge is 0.365 e. The maximum absolute atomic E-state index is 12.7. The van der Waals surface area contributed by atoms with E-state index in [4.69, 9.17) is 5.73 Å². The molecule has 2 aliphatic rings. The highest BCUT2D eigenvalue weighted by molar-refractivity contribution is 8.00. The molecule has 3 N–H and O–H groups in total. The van der Waals surface area contributed by atoms with Crippen LogP contribution >= 0.6 is 23.1 Å². The molecule has 0 aliphatic heterocycles. The number of carbonyl (C=O) groups is 2. The van der Waals surface area contributed by atoms with Crippen molar-refractivity contribution in [2.75, 3.05) is 5.32 Å². The van der Waals surface area contributed by atoms with Crippen molar-refractivity contribution >= 4 is 39.9 Å². The number of aryl methyl sites for hydroxylation is 1. The summed E-state index contributed by atoms with van der Waals surface area (Å²) in [5, 5.41) is 12.5. The van der Waals surface area contributed by atoms with Gasteiger partial charge in [-0.3, -0.25) is 9.59 Å². The van der Waals surface area contributed by atoms with Crippen LogP contribution in [0, 0.1) is 0 Å². The van der Waals surface area contributed by atoms with E-state index in [2.05, 4.69) is 27.0 Å². The molecule has 1 atom stereocenters. The fraction of sp³-hybridized carbons (Fsp3) is 0.556. The lowest BCUT2D eigenvalue weighted by Crippen LogP contribution is -2.24. The summed E-state index contributed by atoms with van der Waals surface area (Å²) < 4.78 is 2.10. The normalized spacial score (nSPS) is 17.0. The van der Waals surface area contributed by atoms with Gasteiger partial charge in [0, 0.05) is 17.3 Å². The molecular formula is C18H23N5O2S2. The van der Waals surface area contributed by atoms with Gasteiger partial charge in [-0.05, 0) is 51.5 Å². The van der Waals surface area contributed by atoms with E-state index in [0.717, 1.165) is 55.2 Å². The molecule has 9 heteroatoms. The summed E-state index contributed by atoms with van der Waals surface area (Å²) in [6, 6.07) is 0. The van der Waals surface area contributed by atoms with E-state index >= 15 is 0 Å². The van der Waals surface area contributed by atoms with Crippen molar-refractivity contribution < 1.29 is 9.59 Å². The Morgan fingerprint density at radius 2 is 2.15 bits per heavy atom. The molecule has 0 saturated heterocycles.